The Morgan fingerprint density at radius 1 is 1.14 bits per heavy atom. The standard InChI is InChI=1S/C27H34N6O3/c1-18(2)25(26-29-30-31-33(26)16-20-7-10-23(36-4)11-8-20)32(12-5-13-34)17-22-15-21-9-6-19(3)14-24(21)28-27(22)35/h6-11,14-15,18,25,34H,5,12-13,16-17H2,1-4H3,(H,28,35)/t25-/m0/s1. The number of aliphatic hydroxyl groups is 1. The lowest BCUT2D eigenvalue weighted by molar-refractivity contribution is 0.122. The number of nitrogens with one attached hydrogen (secondary N) is 1. The zero-order valence-electron chi connectivity index (χ0n) is 21.3. The van der Waals surface area contributed by atoms with E-state index in [1.807, 2.05) is 60.1 Å². The summed E-state index contributed by atoms with van der Waals surface area (Å²) in [5.74, 6) is 1.68. The summed E-state index contributed by atoms with van der Waals surface area (Å²) >= 11 is 0. The highest BCUT2D eigenvalue weighted by Gasteiger charge is 2.29. The molecule has 0 aliphatic heterocycles. The van der Waals surface area contributed by atoms with E-state index in [0.717, 1.165) is 33.6 Å². The second-order valence-corrected chi connectivity index (χ2v) is 9.49. The topological polar surface area (TPSA) is 109 Å². The van der Waals surface area contributed by atoms with Crippen LogP contribution in [0.2, 0.25) is 0 Å². The summed E-state index contributed by atoms with van der Waals surface area (Å²) in [5, 5.41) is 23.3. The van der Waals surface area contributed by atoms with Crippen molar-refractivity contribution in [2.75, 3.05) is 20.3 Å². The minimum atomic E-state index is -0.155. The van der Waals surface area contributed by atoms with Crippen molar-refractivity contribution in [2.24, 2.45) is 5.92 Å². The Bertz CT molecular complexity index is 1350. The van der Waals surface area contributed by atoms with Crippen molar-refractivity contribution in [3.63, 3.8) is 0 Å². The lowest BCUT2D eigenvalue weighted by atomic mass is 10.00. The van der Waals surface area contributed by atoms with E-state index in [1.165, 1.54) is 0 Å². The zero-order chi connectivity index (χ0) is 25.7. The van der Waals surface area contributed by atoms with Crippen LogP contribution in [0.3, 0.4) is 0 Å². The number of benzene rings is 2. The number of methoxy groups -OCH3 is 1. The van der Waals surface area contributed by atoms with Gasteiger partial charge in [0.05, 0.1) is 19.7 Å². The van der Waals surface area contributed by atoms with Gasteiger partial charge in [0, 0.05) is 30.8 Å². The smallest absolute Gasteiger partial charge is 0.252 e. The van der Waals surface area contributed by atoms with Gasteiger partial charge >= 0.3 is 0 Å². The van der Waals surface area contributed by atoms with Crippen LogP contribution in [0.4, 0.5) is 0 Å². The summed E-state index contributed by atoms with van der Waals surface area (Å²) in [6, 6.07) is 15.7. The number of rotatable bonds is 11. The molecule has 0 unspecified atom stereocenters. The predicted octanol–water partition coefficient (Wildman–Crippen LogP) is 3.46. The molecule has 9 nitrogen and oxygen atoms in total. The number of hydrogen-bond acceptors (Lipinski definition) is 7. The average molecular weight is 491 g/mol. The van der Waals surface area contributed by atoms with Crippen molar-refractivity contribution in [2.45, 2.75) is 46.3 Å². The summed E-state index contributed by atoms with van der Waals surface area (Å²) in [6.07, 6.45) is 0.577. The van der Waals surface area contributed by atoms with Crippen LogP contribution in [0.25, 0.3) is 10.9 Å². The number of hydrogen-bond donors (Lipinski definition) is 2. The van der Waals surface area contributed by atoms with Gasteiger partial charge in [-0.1, -0.05) is 38.1 Å². The second-order valence-electron chi connectivity index (χ2n) is 9.49. The van der Waals surface area contributed by atoms with E-state index < -0.39 is 0 Å². The summed E-state index contributed by atoms with van der Waals surface area (Å²) in [7, 11) is 1.64. The number of aromatic amines is 1. The number of pyridine rings is 1. The van der Waals surface area contributed by atoms with Gasteiger partial charge in [-0.15, -0.1) is 5.10 Å². The lowest BCUT2D eigenvalue weighted by Crippen LogP contribution is -2.36. The first-order valence-electron chi connectivity index (χ1n) is 12.3. The number of fused-ring (bicyclic) bond motifs is 1. The molecule has 2 aromatic carbocycles. The number of nitrogens with zero attached hydrogens (tertiary/aromatic N) is 5. The van der Waals surface area contributed by atoms with Crippen molar-refractivity contribution in [3.05, 3.63) is 81.4 Å². The van der Waals surface area contributed by atoms with Crippen molar-refractivity contribution in [1.82, 2.24) is 30.1 Å². The van der Waals surface area contributed by atoms with Crippen LogP contribution >= 0.6 is 0 Å². The third-order valence-electron chi connectivity index (χ3n) is 6.40. The Balaban J connectivity index is 1.67. The molecule has 2 aromatic heterocycles. The van der Waals surface area contributed by atoms with Crippen LogP contribution < -0.4 is 10.3 Å². The van der Waals surface area contributed by atoms with Crippen LogP contribution in [-0.4, -0.2) is 55.5 Å². The van der Waals surface area contributed by atoms with Gasteiger partial charge < -0.3 is 14.8 Å². The van der Waals surface area contributed by atoms with Gasteiger partial charge in [0.15, 0.2) is 5.82 Å². The van der Waals surface area contributed by atoms with Crippen LogP contribution in [0.1, 0.15) is 48.8 Å². The first-order chi connectivity index (χ1) is 17.4. The highest BCUT2D eigenvalue weighted by molar-refractivity contribution is 5.79. The van der Waals surface area contributed by atoms with E-state index in [9.17, 15) is 9.90 Å². The molecule has 0 bridgehead atoms. The molecular weight excluding hydrogens is 456 g/mol. The number of aliphatic hydroxyl groups excluding tert-OH is 1. The predicted molar refractivity (Wildman–Crippen MR) is 139 cm³/mol. The van der Waals surface area contributed by atoms with Gasteiger partial charge in [0.25, 0.3) is 5.56 Å². The van der Waals surface area contributed by atoms with Crippen molar-refractivity contribution in [1.29, 1.82) is 0 Å². The van der Waals surface area contributed by atoms with Gasteiger partial charge in [-0.2, -0.15) is 0 Å². The van der Waals surface area contributed by atoms with Gasteiger partial charge in [-0.3, -0.25) is 9.69 Å². The maximum Gasteiger partial charge on any atom is 0.252 e. The Morgan fingerprint density at radius 2 is 1.92 bits per heavy atom. The van der Waals surface area contributed by atoms with E-state index in [1.54, 1.807) is 7.11 Å². The Hall–Kier alpha value is -3.56. The third-order valence-corrected chi connectivity index (χ3v) is 6.40. The minimum absolute atomic E-state index is 0.0610. The summed E-state index contributed by atoms with van der Waals surface area (Å²) < 4.78 is 7.07. The molecule has 0 saturated carbocycles. The molecule has 0 aliphatic carbocycles. The molecule has 4 aromatic rings. The van der Waals surface area contributed by atoms with Crippen molar-refractivity contribution < 1.29 is 9.84 Å². The number of H-pyrrole nitrogens is 1. The van der Waals surface area contributed by atoms with Gasteiger partial charge in [0.2, 0.25) is 0 Å². The number of ether oxygens (including phenoxy) is 1. The normalized spacial score (nSPS) is 12.5. The summed E-state index contributed by atoms with van der Waals surface area (Å²) in [5.41, 5.74) is 3.54. The number of aryl methyl sites for hydroxylation is 1. The molecule has 0 aliphatic rings. The molecule has 0 saturated heterocycles. The molecule has 4 rings (SSSR count). The summed E-state index contributed by atoms with van der Waals surface area (Å²) in [4.78, 5) is 18.2. The van der Waals surface area contributed by atoms with Gasteiger partial charge in [-0.05, 0) is 70.5 Å². The van der Waals surface area contributed by atoms with Gasteiger partial charge in [0.1, 0.15) is 5.75 Å². The Kier molecular flexibility index (Phi) is 8.12. The highest BCUT2D eigenvalue weighted by Crippen LogP contribution is 2.29. The molecule has 190 valence electrons. The largest absolute Gasteiger partial charge is 0.497 e. The fourth-order valence-corrected chi connectivity index (χ4v) is 4.61. The van der Waals surface area contributed by atoms with E-state index in [0.29, 0.717) is 31.6 Å². The molecule has 1 atom stereocenters. The molecule has 0 spiro atoms. The van der Waals surface area contributed by atoms with Crippen LogP contribution in [0.15, 0.2) is 53.3 Å². The molecule has 2 heterocycles. The highest BCUT2D eigenvalue weighted by atomic mass is 16.5. The van der Waals surface area contributed by atoms with Crippen molar-refractivity contribution in [3.8, 4) is 5.75 Å². The second kappa shape index (κ2) is 11.5. The fourth-order valence-electron chi connectivity index (χ4n) is 4.61. The van der Waals surface area contributed by atoms with E-state index >= 15 is 0 Å². The van der Waals surface area contributed by atoms with E-state index in [2.05, 4.69) is 39.3 Å². The van der Waals surface area contributed by atoms with E-state index in [4.69, 9.17) is 4.74 Å². The Morgan fingerprint density at radius 3 is 2.61 bits per heavy atom. The Labute approximate surface area is 210 Å². The maximum absolute atomic E-state index is 13.0. The number of aromatic nitrogens is 5. The molecule has 2 N–H and O–H groups in total. The lowest BCUT2D eigenvalue weighted by Gasteiger charge is -2.33. The molecule has 36 heavy (non-hydrogen) atoms. The summed E-state index contributed by atoms with van der Waals surface area (Å²) in [6.45, 7) is 7.83. The molecule has 0 radical (unpaired) electrons. The fraction of sp³-hybridized carbons (Fsp3) is 0.407. The van der Waals surface area contributed by atoms with Crippen LogP contribution in [0, 0.1) is 12.8 Å². The van der Waals surface area contributed by atoms with E-state index in [-0.39, 0.29) is 24.1 Å². The molecule has 9 heteroatoms. The quantitative estimate of drug-likeness (QED) is 0.331. The first-order valence-corrected chi connectivity index (χ1v) is 12.3. The minimum Gasteiger partial charge on any atom is -0.497 e. The SMILES string of the molecule is COc1ccc(Cn2nnnc2[C@H](C(C)C)N(CCCO)Cc2cc3ccc(C)cc3[nH]c2=O)cc1. The van der Waals surface area contributed by atoms with Crippen LogP contribution in [-0.2, 0) is 13.1 Å². The molecular formula is C27H34N6O3. The van der Waals surface area contributed by atoms with Crippen molar-refractivity contribution >= 4 is 10.9 Å². The number of tetrazole rings is 1. The molecule has 0 fully saturated rings. The van der Waals surface area contributed by atoms with Crippen LogP contribution in [0.5, 0.6) is 5.75 Å². The van der Waals surface area contributed by atoms with Gasteiger partial charge in [-0.25, -0.2) is 4.68 Å². The molecule has 0 amide bonds. The average Bonchev–Trinajstić information content (AvgIpc) is 3.30. The zero-order valence-corrected chi connectivity index (χ0v) is 21.3. The monoisotopic (exact) mass is 490 g/mol. The first kappa shape index (κ1) is 25.5. The maximum atomic E-state index is 13.0. The third kappa shape index (κ3) is 5.80.